The second-order valence-corrected chi connectivity index (χ2v) is 3.66. The van der Waals surface area contributed by atoms with Crippen LogP contribution in [0, 0.1) is 0 Å². The van der Waals surface area contributed by atoms with Crippen LogP contribution in [0.2, 0.25) is 0 Å². The van der Waals surface area contributed by atoms with Gasteiger partial charge in [-0.15, -0.1) is 0 Å². The van der Waals surface area contributed by atoms with Crippen LogP contribution in [0.25, 0.3) is 10.9 Å². The molecule has 14 heavy (non-hydrogen) atoms. The Morgan fingerprint density at radius 2 is 2.29 bits per heavy atom. The molecule has 0 aliphatic rings. The first-order valence-electron chi connectivity index (χ1n) is 4.56. The lowest BCUT2D eigenvalue weighted by molar-refractivity contribution is -0.137. The maximum atomic E-state index is 10.7. The van der Waals surface area contributed by atoms with E-state index in [9.17, 15) is 4.79 Å². The van der Waals surface area contributed by atoms with E-state index in [0.29, 0.717) is 10.6 Å². The first kappa shape index (κ1) is 8.05. The average Bonchev–Trinajstić information content (AvgIpc) is 2.44. The number of carboxylic acids is 1. The largest absolute Gasteiger partial charge is 0.480 e. The molecule has 0 atom stereocenters. The highest BCUT2D eigenvalue weighted by atomic mass is 79.9. The van der Waals surface area contributed by atoms with Crippen LogP contribution in [0.15, 0.2) is 34.9 Å². The number of fused-ring (bicyclic) bond motifs is 1. The molecule has 0 aliphatic heterocycles. The molecule has 2 rings (SSSR count). The summed E-state index contributed by atoms with van der Waals surface area (Å²) >= 11 is 3.23. The summed E-state index contributed by atoms with van der Waals surface area (Å²) in [6.07, 6.45) is 0. The van der Waals surface area contributed by atoms with Crippen LogP contribution in [0.1, 0.15) is 1.37 Å². The minimum Gasteiger partial charge on any atom is -0.480 e. The molecule has 1 N–H and O–H groups in total. The third-order valence-electron chi connectivity index (χ3n) is 1.96. The number of hydrogen-bond donors (Lipinski definition) is 1. The van der Waals surface area contributed by atoms with Gasteiger partial charge in [-0.05, 0) is 28.0 Å². The number of aromatic nitrogens is 1. The maximum absolute atomic E-state index is 10.7. The Labute approximate surface area is 90.5 Å². The third-order valence-corrected chi connectivity index (χ3v) is 2.59. The van der Waals surface area contributed by atoms with Crippen molar-refractivity contribution in [3.05, 3.63) is 34.9 Å². The van der Waals surface area contributed by atoms with Crippen LogP contribution in [0.5, 0.6) is 0 Å². The molecule has 0 bridgehead atoms. The SMILES string of the molecule is [3H]c1c(Br)n(CC(=O)O)c2ccccc12. The van der Waals surface area contributed by atoms with Crippen molar-refractivity contribution in [1.82, 2.24) is 4.57 Å². The molecule has 1 heterocycles. The predicted molar refractivity (Wildman–Crippen MR) is 57.3 cm³/mol. The average molecular weight is 256 g/mol. The summed E-state index contributed by atoms with van der Waals surface area (Å²) in [6, 6.07) is 7.60. The van der Waals surface area contributed by atoms with Gasteiger partial charge in [0, 0.05) is 10.9 Å². The Balaban J connectivity index is 2.72. The predicted octanol–water partition coefficient (Wildman–Crippen LogP) is 2.49. The Hall–Kier alpha value is -1.29. The van der Waals surface area contributed by atoms with Crippen LogP contribution in [-0.4, -0.2) is 15.6 Å². The van der Waals surface area contributed by atoms with Crippen molar-refractivity contribution in [3.8, 4) is 0 Å². The smallest absolute Gasteiger partial charge is 0.323 e. The maximum Gasteiger partial charge on any atom is 0.323 e. The van der Waals surface area contributed by atoms with Crippen molar-refractivity contribution < 1.29 is 11.3 Å². The number of rotatable bonds is 2. The van der Waals surface area contributed by atoms with E-state index in [4.69, 9.17) is 6.48 Å². The van der Waals surface area contributed by atoms with E-state index in [0.717, 1.165) is 10.9 Å². The number of para-hydroxylation sites is 1. The number of aliphatic carboxylic acids is 1. The topological polar surface area (TPSA) is 42.2 Å². The van der Waals surface area contributed by atoms with Gasteiger partial charge in [0.2, 0.25) is 0 Å². The summed E-state index contributed by atoms with van der Waals surface area (Å²) in [5.41, 5.74) is 0.761. The fourth-order valence-corrected chi connectivity index (χ4v) is 1.92. The number of hydrogen-bond acceptors (Lipinski definition) is 1. The van der Waals surface area contributed by atoms with E-state index in [1.54, 1.807) is 16.7 Å². The van der Waals surface area contributed by atoms with Crippen molar-refractivity contribution in [2.75, 3.05) is 0 Å². The lowest BCUT2D eigenvalue weighted by Gasteiger charge is -2.02. The summed E-state index contributed by atoms with van der Waals surface area (Å²) < 4.78 is 9.87. The monoisotopic (exact) mass is 255 g/mol. The Kier molecular flexibility index (Phi) is 1.99. The summed E-state index contributed by atoms with van der Waals surface area (Å²) in [5.74, 6) is -0.920. The molecule has 0 saturated heterocycles. The number of halogens is 1. The highest BCUT2D eigenvalue weighted by Gasteiger charge is 2.08. The van der Waals surface area contributed by atoms with Gasteiger partial charge in [-0.1, -0.05) is 18.2 Å². The molecule has 1 aromatic heterocycles. The van der Waals surface area contributed by atoms with Crippen molar-refractivity contribution >= 4 is 32.8 Å². The van der Waals surface area contributed by atoms with E-state index >= 15 is 0 Å². The van der Waals surface area contributed by atoms with Gasteiger partial charge < -0.3 is 9.67 Å². The summed E-state index contributed by atoms with van der Waals surface area (Å²) in [7, 11) is 0. The highest BCUT2D eigenvalue weighted by molar-refractivity contribution is 9.10. The molecule has 72 valence electrons. The normalized spacial score (nSPS) is 11.6. The van der Waals surface area contributed by atoms with E-state index in [1.807, 2.05) is 12.1 Å². The van der Waals surface area contributed by atoms with Crippen molar-refractivity contribution in [2.45, 2.75) is 6.54 Å². The van der Waals surface area contributed by atoms with Gasteiger partial charge in [0.1, 0.15) is 6.54 Å². The van der Waals surface area contributed by atoms with Gasteiger partial charge in [0.05, 0.1) is 5.97 Å². The van der Waals surface area contributed by atoms with E-state index in [2.05, 4.69) is 15.9 Å². The number of nitrogens with zero attached hydrogens (tertiary/aromatic N) is 1. The summed E-state index contributed by atoms with van der Waals surface area (Å²) in [6.45, 7) is -0.139. The second kappa shape index (κ2) is 3.46. The van der Waals surface area contributed by atoms with Gasteiger partial charge in [-0.2, -0.15) is 0 Å². The molecule has 0 spiro atoms. The molecular weight excluding hydrogens is 246 g/mol. The Morgan fingerprint density at radius 1 is 1.57 bits per heavy atom. The van der Waals surface area contributed by atoms with Crippen LogP contribution in [0.4, 0.5) is 0 Å². The van der Waals surface area contributed by atoms with Crippen LogP contribution < -0.4 is 0 Å². The number of benzene rings is 1. The van der Waals surface area contributed by atoms with E-state index in [-0.39, 0.29) is 6.54 Å². The highest BCUT2D eigenvalue weighted by Crippen LogP contribution is 2.23. The van der Waals surface area contributed by atoms with Crippen LogP contribution >= 0.6 is 15.9 Å². The molecule has 1 aromatic carbocycles. The fourth-order valence-electron chi connectivity index (χ4n) is 1.39. The van der Waals surface area contributed by atoms with Crippen molar-refractivity contribution in [3.63, 3.8) is 0 Å². The molecule has 0 amide bonds. The number of carboxylic acid groups (broad SMARTS) is 1. The summed E-state index contributed by atoms with van der Waals surface area (Å²) in [4.78, 5) is 10.7. The third kappa shape index (κ3) is 1.53. The summed E-state index contributed by atoms with van der Waals surface area (Å²) in [5, 5.41) is 9.51. The first-order chi connectivity index (χ1) is 7.11. The zero-order valence-corrected chi connectivity index (χ0v) is 8.78. The standard InChI is InChI=1S/C10H8BrNO2/c11-9-5-7-3-1-2-4-8(7)12(9)6-10(13)14/h1-5H,6H2,(H,13,14)/i5T. The molecular formula is C10H8BrNO2. The van der Waals surface area contributed by atoms with Gasteiger partial charge in [-0.25, -0.2) is 0 Å². The second-order valence-electron chi connectivity index (χ2n) is 2.91. The molecule has 0 aliphatic carbocycles. The molecule has 0 unspecified atom stereocenters. The first-order valence-corrected chi connectivity index (χ1v) is 4.85. The Bertz CT molecular complexity index is 535. The van der Waals surface area contributed by atoms with Crippen molar-refractivity contribution in [1.29, 1.82) is 0 Å². The number of carbonyl (C=O) groups is 1. The van der Waals surface area contributed by atoms with Crippen LogP contribution in [-0.2, 0) is 11.3 Å². The van der Waals surface area contributed by atoms with Crippen molar-refractivity contribution in [2.24, 2.45) is 0 Å². The fraction of sp³-hybridized carbons (Fsp3) is 0.100. The molecule has 4 heteroatoms. The van der Waals surface area contributed by atoms with E-state index in [1.165, 1.54) is 0 Å². The van der Waals surface area contributed by atoms with Crippen LogP contribution in [0.3, 0.4) is 0 Å². The lowest BCUT2D eigenvalue weighted by Crippen LogP contribution is -2.08. The molecule has 0 radical (unpaired) electrons. The van der Waals surface area contributed by atoms with Gasteiger partial charge in [0.15, 0.2) is 0 Å². The molecule has 0 saturated carbocycles. The molecule has 2 aromatic rings. The Morgan fingerprint density at radius 3 is 3.00 bits per heavy atom. The minimum absolute atomic E-state index is 0.139. The quantitative estimate of drug-likeness (QED) is 0.896. The zero-order chi connectivity index (χ0) is 11.0. The van der Waals surface area contributed by atoms with Gasteiger partial charge >= 0.3 is 5.97 Å². The molecule has 3 nitrogen and oxygen atoms in total. The van der Waals surface area contributed by atoms with Gasteiger partial charge in [0.25, 0.3) is 0 Å². The molecule has 0 fully saturated rings. The lowest BCUT2D eigenvalue weighted by atomic mass is 10.2. The van der Waals surface area contributed by atoms with E-state index < -0.39 is 5.97 Å². The van der Waals surface area contributed by atoms with Gasteiger partial charge in [-0.3, -0.25) is 4.79 Å². The minimum atomic E-state index is -0.920. The zero-order valence-electron chi connectivity index (χ0n) is 8.20.